The van der Waals surface area contributed by atoms with Crippen LogP contribution in [-0.4, -0.2) is 37.3 Å². The van der Waals surface area contributed by atoms with Crippen molar-refractivity contribution < 1.29 is 32.2 Å². The topological polar surface area (TPSA) is 55.8 Å². The normalized spacial score (nSPS) is 13.5. The Hall–Kier alpha value is -2.51. The molecular formula is C18H22F3NO4. The number of alkyl halides is 3. The lowest BCUT2D eigenvalue weighted by atomic mass is 9.92. The summed E-state index contributed by atoms with van der Waals surface area (Å²) in [7, 11) is 1.42. The Kier molecular flexibility index (Phi) is 7.23. The van der Waals surface area contributed by atoms with Crippen molar-refractivity contribution >= 4 is 17.6 Å². The van der Waals surface area contributed by atoms with E-state index in [0.29, 0.717) is 10.6 Å². The Labute approximate surface area is 150 Å². The van der Waals surface area contributed by atoms with Gasteiger partial charge >= 0.3 is 18.1 Å². The lowest BCUT2D eigenvalue weighted by molar-refractivity contribution is -0.171. The van der Waals surface area contributed by atoms with Gasteiger partial charge in [0.2, 0.25) is 0 Å². The summed E-state index contributed by atoms with van der Waals surface area (Å²) in [5, 5.41) is 0. The first-order valence-corrected chi connectivity index (χ1v) is 7.93. The van der Waals surface area contributed by atoms with Gasteiger partial charge < -0.3 is 9.47 Å². The van der Waals surface area contributed by atoms with E-state index in [0.717, 1.165) is 0 Å². The number of nitrogens with zero attached hydrogens (tertiary/aromatic N) is 1. The predicted octanol–water partition coefficient (Wildman–Crippen LogP) is 3.88. The van der Waals surface area contributed by atoms with Gasteiger partial charge in [-0.05, 0) is 44.5 Å². The fourth-order valence-electron chi connectivity index (χ4n) is 2.40. The van der Waals surface area contributed by atoms with Crippen molar-refractivity contribution in [1.82, 2.24) is 0 Å². The molecule has 144 valence electrons. The third-order valence-electron chi connectivity index (χ3n) is 3.87. The van der Waals surface area contributed by atoms with Gasteiger partial charge in [-0.3, -0.25) is 14.5 Å². The number of hydrogen-bond acceptors (Lipinski definition) is 4. The Morgan fingerprint density at radius 1 is 1.23 bits per heavy atom. The number of ether oxygens (including phenoxy) is 2. The molecule has 1 aromatic carbocycles. The van der Waals surface area contributed by atoms with Crippen molar-refractivity contribution in [3.63, 3.8) is 0 Å². The van der Waals surface area contributed by atoms with Gasteiger partial charge in [-0.15, -0.1) is 6.58 Å². The molecule has 8 heteroatoms. The van der Waals surface area contributed by atoms with Crippen LogP contribution >= 0.6 is 0 Å². The Morgan fingerprint density at radius 2 is 1.81 bits per heavy atom. The van der Waals surface area contributed by atoms with Crippen LogP contribution in [0, 0.1) is 0 Å². The smallest absolute Gasteiger partial charge is 0.471 e. The van der Waals surface area contributed by atoms with E-state index in [-0.39, 0.29) is 25.1 Å². The number of hydrogen-bond donors (Lipinski definition) is 0. The summed E-state index contributed by atoms with van der Waals surface area (Å²) in [4.78, 5) is 24.3. The first-order valence-electron chi connectivity index (χ1n) is 7.93. The number of methoxy groups -OCH3 is 1. The number of carbonyl (C=O) groups excluding carboxylic acids is 2. The summed E-state index contributed by atoms with van der Waals surface area (Å²) < 4.78 is 49.3. The summed E-state index contributed by atoms with van der Waals surface area (Å²) in [6, 6.07) is 5.57. The van der Waals surface area contributed by atoms with E-state index in [1.807, 2.05) is 0 Å². The predicted molar refractivity (Wildman–Crippen MR) is 91.0 cm³/mol. The standard InChI is InChI=1S/C18H22F3NO4/c1-5-17(3,12-11-15(23)26-6-2)22(16(24)18(19,20)21)13-7-9-14(25-4)10-8-13/h5,7-10H,1,6,11-12H2,2-4H3/t17-/m0/s1. The zero-order valence-corrected chi connectivity index (χ0v) is 14.9. The molecular weight excluding hydrogens is 351 g/mol. The van der Waals surface area contributed by atoms with Crippen LogP contribution in [0.15, 0.2) is 36.9 Å². The van der Waals surface area contributed by atoms with E-state index in [4.69, 9.17) is 9.47 Å². The van der Waals surface area contributed by atoms with Gasteiger partial charge in [0.05, 0.1) is 19.3 Å². The highest BCUT2D eigenvalue weighted by molar-refractivity contribution is 5.99. The molecule has 26 heavy (non-hydrogen) atoms. The summed E-state index contributed by atoms with van der Waals surface area (Å²) >= 11 is 0. The van der Waals surface area contributed by atoms with Crippen LogP contribution in [0.3, 0.4) is 0 Å². The fourth-order valence-corrected chi connectivity index (χ4v) is 2.40. The van der Waals surface area contributed by atoms with Crippen LogP contribution in [0.2, 0.25) is 0 Å². The minimum atomic E-state index is -5.09. The third kappa shape index (κ3) is 5.24. The maximum Gasteiger partial charge on any atom is 0.471 e. The summed E-state index contributed by atoms with van der Waals surface area (Å²) in [5.74, 6) is -2.18. The Bertz CT molecular complexity index is 643. The summed E-state index contributed by atoms with van der Waals surface area (Å²) in [6.45, 7) is 6.76. The molecule has 0 bridgehead atoms. The molecule has 0 aliphatic carbocycles. The Morgan fingerprint density at radius 3 is 2.23 bits per heavy atom. The van der Waals surface area contributed by atoms with Gasteiger partial charge in [0.15, 0.2) is 0 Å². The van der Waals surface area contributed by atoms with E-state index >= 15 is 0 Å². The van der Waals surface area contributed by atoms with Crippen LogP contribution in [0.1, 0.15) is 26.7 Å². The molecule has 0 aliphatic rings. The summed E-state index contributed by atoms with van der Waals surface area (Å²) in [5.41, 5.74) is -1.44. The molecule has 0 fully saturated rings. The zero-order valence-electron chi connectivity index (χ0n) is 14.9. The highest BCUT2D eigenvalue weighted by Crippen LogP contribution is 2.34. The molecule has 0 saturated carbocycles. The van der Waals surface area contributed by atoms with Crippen molar-refractivity contribution in [1.29, 1.82) is 0 Å². The molecule has 0 spiro atoms. The molecule has 0 N–H and O–H groups in total. The molecule has 5 nitrogen and oxygen atoms in total. The molecule has 0 aromatic heterocycles. The van der Waals surface area contributed by atoms with Crippen LogP contribution in [-0.2, 0) is 14.3 Å². The van der Waals surface area contributed by atoms with Crippen LogP contribution in [0.25, 0.3) is 0 Å². The van der Waals surface area contributed by atoms with Crippen molar-refractivity contribution in [2.24, 2.45) is 0 Å². The van der Waals surface area contributed by atoms with Crippen molar-refractivity contribution in [2.75, 3.05) is 18.6 Å². The maximum absolute atomic E-state index is 13.2. The van der Waals surface area contributed by atoms with Crippen LogP contribution in [0.5, 0.6) is 5.75 Å². The number of rotatable bonds is 8. The third-order valence-corrected chi connectivity index (χ3v) is 3.87. The monoisotopic (exact) mass is 373 g/mol. The van der Waals surface area contributed by atoms with Crippen molar-refractivity contribution in [3.05, 3.63) is 36.9 Å². The average Bonchev–Trinajstić information content (AvgIpc) is 2.60. The minimum Gasteiger partial charge on any atom is -0.497 e. The molecule has 0 heterocycles. The van der Waals surface area contributed by atoms with E-state index in [1.54, 1.807) is 6.92 Å². The molecule has 0 saturated heterocycles. The molecule has 1 amide bonds. The number of halogens is 3. The molecule has 0 radical (unpaired) electrons. The minimum absolute atomic E-state index is 0.0133. The molecule has 1 aromatic rings. The first-order chi connectivity index (χ1) is 12.1. The van der Waals surface area contributed by atoms with Gasteiger partial charge in [0.25, 0.3) is 0 Å². The van der Waals surface area contributed by atoms with Crippen molar-refractivity contribution in [3.8, 4) is 5.75 Å². The van der Waals surface area contributed by atoms with Gasteiger partial charge in [-0.2, -0.15) is 13.2 Å². The van der Waals surface area contributed by atoms with Crippen LogP contribution < -0.4 is 9.64 Å². The molecule has 1 atom stereocenters. The van der Waals surface area contributed by atoms with Gasteiger partial charge in [0.1, 0.15) is 5.75 Å². The average molecular weight is 373 g/mol. The SMILES string of the molecule is C=C[C@@](C)(CCC(=O)OCC)N(C(=O)C(F)(F)F)c1ccc(OC)cc1. The van der Waals surface area contributed by atoms with E-state index in [2.05, 4.69) is 6.58 Å². The van der Waals surface area contributed by atoms with E-state index in [1.165, 1.54) is 44.4 Å². The van der Waals surface area contributed by atoms with Crippen LogP contribution in [0.4, 0.5) is 18.9 Å². The number of carbonyl (C=O) groups is 2. The molecule has 1 rings (SSSR count). The van der Waals surface area contributed by atoms with Gasteiger partial charge in [-0.25, -0.2) is 0 Å². The number of amides is 1. The van der Waals surface area contributed by atoms with E-state index < -0.39 is 23.6 Å². The number of esters is 1. The lowest BCUT2D eigenvalue weighted by Gasteiger charge is -2.39. The second-order valence-corrected chi connectivity index (χ2v) is 5.70. The lowest BCUT2D eigenvalue weighted by Crippen LogP contribution is -2.54. The second kappa shape index (κ2) is 8.73. The highest BCUT2D eigenvalue weighted by atomic mass is 19.4. The molecule has 0 unspecified atom stereocenters. The first kappa shape index (κ1) is 21.5. The van der Waals surface area contributed by atoms with Crippen molar-refractivity contribution in [2.45, 2.75) is 38.4 Å². The second-order valence-electron chi connectivity index (χ2n) is 5.70. The highest BCUT2D eigenvalue weighted by Gasteiger charge is 2.48. The fraction of sp³-hybridized carbons (Fsp3) is 0.444. The summed E-state index contributed by atoms with van der Waals surface area (Å²) in [6.07, 6.45) is -4.11. The zero-order chi connectivity index (χ0) is 20.0. The quantitative estimate of drug-likeness (QED) is 0.513. The van der Waals surface area contributed by atoms with Gasteiger partial charge in [0, 0.05) is 12.1 Å². The van der Waals surface area contributed by atoms with Gasteiger partial charge in [-0.1, -0.05) is 6.08 Å². The number of anilines is 1. The Balaban J connectivity index is 3.28. The number of benzene rings is 1. The van der Waals surface area contributed by atoms with E-state index in [9.17, 15) is 22.8 Å². The molecule has 0 aliphatic heterocycles. The maximum atomic E-state index is 13.2. The largest absolute Gasteiger partial charge is 0.497 e.